The molecule has 1 saturated carbocycles. The molecule has 35 heavy (non-hydrogen) atoms. The number of hydrogen-bond acceptors (Lipinski definition) is 7. The van der Waals surface area contributed by atoms with Crippen LogP contribution in [0.4, 0.5) is 5.69 Å². The molecule has 9 nitrogen and oxygen atoms in total. The van der Waals surface area contributed by atoms with Gasteiger partial charge in [0.25, 0.3) is 0 Å². The number of amides is 3. The first kappa shape index (κ1) is 23.0. The Kier molecular flexibility index (Phi) is 6.71. The van der Waals surface area contributed by atoms with Crippen molar-refractivity contribution in [3.05, 3.63) is 64.7 Å². The SMILES string of the molecule is O=C(NC1CCCC1)C(=O)N(c1ccc2c(c1)OCO2)[C@H](C(=O)NCc1ccco1)c1cccs1. The van der Waals surface area contributed by atoms with Gasteiger partial charge in [-0.1, -0.05) is 18.9 Å². The predicted molar refractivity (Wildman–Crippen MR) is 128 cm³/mol. The summed E-state index contributed by atoms with van der Waals surface area (Å²) in [6.07, 6.45) is 5.21. The number of nitrogens with one attached hydrogen (secondary N) is 2. The summed E-state index contributed by atoms with van der Waals surface area (Å²) in [5.41, 5.74) is 0.354. The maximum absolute atomic E-state index is 13.7. The highest BCUT2D eigenvalue weighted by atomic mass is 32.1. The number of benzene rings is 1. The second kappa shape index (κ2) is 10.2. The molecule has 1 aliphatic heterocycles. The molecule has 3 aromatic rings. The van der Waals surface area contributed by atoms with Gasteiger partial charge in [0.05, 0.1) is 12.8 Å². The van der Waals surface area contributed by atoms with E-state index in [2.05, 4.69) is 10.6 Å². The lowest BCUT2D eigenvalue weighted by atomic mass is 10.1. The lowest BCUT2D eigenvalue weighted by Gasteiger charge is -2.30. The summed E-state index contributed by atoms with van der Waals surface area (Å²) in [6.45, 7) is 0.206. The lowest BCUT2D eigenvalue weighted by Crippen LogP contribution is -2.50. The Balaban J connectivity index is 1.49. The number of furan rings is 1. The molecule has 5 rings (SSSR count). The third kappa shape index (κ3) is 5.02. The van der Waals surface area contributed by atoms with E-state index in [9.17, 15) is 14.4 Å². The van der Waals surface area contributed by atoms with Gasteiger partial charge < -0.3 is 24.5 Å². The van der Waals surface area contributed by atoms with Crippen molar-refractivity contribution >= 4 is 34.7 Å². The second-order valence-corrected chi connectivity index (χ2v) is 9.36. The van der Waals surface area contributed by atoms with E-state index >= 15 is 0 Å². The van der Waals surface area contributed by atoms with E-state index in [1.54, 1.807) is 42.5 Å². The maximum Gasteiger partial charge on any atom is 0.317 e. The molecule has 2 aliphatic rings. The second-order valence-electron chi connectivity index (χ2n) is 8.38. The van der Waals surface area contributed by atoms with E-state index in [4.69, 9.17) is 13.9 Å². The lowest BCUT2D eigenvalue weighted by molar-refractivity contribution is -0.139. The molecule has 2 N–H and O–H groups in total. The molecule has 0 radical (unpaired) electrons. The molecule has 1 atom stereocenters. The van der Waals surface area contributed by atoms with Crippen molar-refractivity contribution in [1.29, 1.82) is 0 Å². The van der Waals surface area contributed by atoms with E-state index in [-0.39, 0.29) is 19.4 Å². The number of ether oxygens (including phenoxy) is 2. The van der Waals surface area contributed by atoms with E-state index in [1.807, 2.05) is 5.38 Å². The standard InChI is InChI=1S/C25H25N3O6S/c29-23(26-14-18-7-3-11-32-18)22(21-8-4-12-35-21)28(17-9-10-19-20(13-17)34-15-33-19)25(31)24(30)27-16-5-1-2-6-16/h3-4,7-13,16,22H,1-2,5-6,14-15H2,(H,26,29)(H,27,30)/t22-/m0/s1. The van der Waals surface area contributed by atoms with Crippen LogP contribution in [0.2, 0.25) is 0 Å². The highest BCUT2D eigenvalue weighted by Gasteiger charge is 2.38. The number of anilines is 1. The minimum atomic E-state index is -1.08. The average molecular weight is 496 g/mol. The van der Waals surface area contributed by atoms with Crippen LogP contribution >= 0.6 is 11.3 Å². The molecular formula is C25H25N3O6S. The number of rotatable bonds is 7. The van der Waals surface area contributed by atoms with Crippen molar-refractivity contribution in [2.24, 2.45) is 0 Å². The van der Waals surface area contributed by atoms with Gasteiger partial charge in [0.15, 0.2) is 17.5 Å². The fraction of sp³-hybridized carbons (Fsp3) is 0.320. The number of fused-ring (bicyclic) bond motifs is 1. The van der Waals surface area contributed by atoms with Crippen LogP contribution in [0, 0.1) is 0 Å². The van der Waals surface area contributed by atoms with Crippen molar-refractivity contribution in [2.45, 2.75) is 44.3 Å². The highest BCUT2D eigenvalue weighted by Crippen LogP contribution is 2.39. The highest BCUT2D eigenvalue weighted by molar-refractivity contribution is 7.10. The summed E-state index contributed by atoms with van der Waals surface area (Å²) < 4.78 is 16.2. The Labute approximate surface area is 206 Å². The zero-order valence-corrected chi connectivity index (χ0v) is 19.7. The molecule has 0 unspecified atom stereocenters. The quantitative estimate of drug-likeness (QED) is 0.486. The minimum Gasteiger partial charge on any atom is -0.467 e. The van der Waals surface area contributed by atoms with Gasteiger partial charge in [0, 0.05) is 22.7 Å². The maximum atomic E-state index is 13.7. The van der Waals surface area contributed by atoms with Crippen molar-refractivity contribution in [2.75, 3.05) is 11.7 Å². The molecule has 0 spiro atoms. The van der Waals surface area contributed by atoms with Crippen molar-refractivity contribution in [1.82, 2.24) is 10.6 Å². The zero-order chi connectivity index (χ0) is 24.2. The Morgan fingerprint density at radius 1 is 1.06 bits per heavy atom. The van der Waals surface area contributed by atoms with Crippen LogP contribution in [-0.4, -0.2) is 30.6 Å². The Morgan fingerprint density at radius 3 is 2.63 bits per heavy atom. The van der Waals surface area contributed by atoms with Gasteiger partial charge in [-0.3, -0.25) is 19.3 Å². The molecule has 10 heteroatoms. The smallest absolute Gasteiger partial charge is 0.317 e. The fourth-order valence-corrected chi connectivity index (χ4v) is 5.16. The van der Waals surface area contributed by atoms with E-state index in [0.717, 1.165) is 25.7 Å². The van der Waals surface area contributed by atoms with Crippen molar-refractivity contribution < 1.29 is 28.3 Å². The first-order chi connectivity index (χ1) is 17.1. The number of hydrogen-bond donors (Lipinski definition) is 2. The van der Waals surface area contributed by atoms with Gasteiger partial charge in [0.1, 0.15) is 5.76 Å². The topological polar surface area (TPSA) is 110 Å². The van der Waals surface area contributed by atoms with Crippen LogP contribution in [0.1, 0.15) is 42.4 Å². The van der Waals surface area contributed by atoms with Crippen LogP contribution < -0.4 is 25.0 Å². The van der Waals surface area contributed by atoms with E-state index < -0.39 is 23.8 Å². The molecule has 3 heterocycles. The average Bonchev–Trinajstić information content (AvgIpc) is 3.68. The third-order valence-electron chi connectivity index (χ3n) is 6.07. The summed E-state index contributed by atoms with van der Waals surface area (Å²) in [5, 5.41) is 7.50. The monoisotopic (exact) mass is 495 g/mol. The molecule has 1 fully saturated rings. The first-order valence-corrected chi connectivity index (χ1v) is 12.4. The number of thiophene rings is 1. The third-order valence-corrected chi connectivity index (χ3v) is 7.00. The number of carbonyl (C=O) groups is 3. The summed E-state index contributed by atoms with van der Waals surface area (Å²) in [4.78, 5) is 42.1. The van der Waals surface area contributed by atoms with Gasteiger partial charge in [-0.15, -0.1) is 11.3 Å². The van der Waals surface area contributed by atoms with Crippen molar-refractivity contribution in [3.8, 4) is 11.5 Å². The molecule has 0 bridgehead atoms. The largest absolute Gasteiger partial charge is 0.467 e. The van der Waals surface area contributed by atoms with Crippen LogP contribution in [0.5, 0.6) is 11.5 Å². The van der Waals surface area contributed by atoms with E-state index in [0.29, 0.717) is 27.8 Å². The Hall–Kier alpha value is -3.79. The predicted octanol–water partition coefficient (Wildman–Crippen LogP) is 3.52. The first-order valence-electron chi connectivity index (χ1n) is 11.5. The molecule has 182 valence electrons. The number of nitrogens with zero attached hydrogens (tertiary/aromatic N) is 1. The minimum absolute atomic E-state index is 0.0435. The van der Waals surface area contributed by atoms with Crippen LogP contribution in [0.15, 0.2) is 58.5 Å². The Bertz CT molecular complexity index is 1190. The molecular weight excluding hydrogens is 470 g/mol. The molecule has 3 amide bonds. The Morgan fingerprint density at radius 2 is 1.89 bits per heavy atom. The van der Waals surface area contributed by atoms with Crippen molar-refractivity contribution in [3.63, 3.8) is 0 Å². The van der Waals surface area contributed by atoms with Gasteiger partial charge in [-0.25, -0.2) is 0 Å². The molecule has 2 aromatic heterocycles. The number of carbonyl (C=O) groups excluding carboxylic acids is 3. The molecule has 0 saturated heterocycles. The molecule has 1 aromatic carbocycles. The van der Waals surface area contributed by atoms with Gasteiger partial charge >= 0.3 is 11.8 Å². The van der Waals surface area contributed by atoms with Gasteiger partial charge in [0.2, 0.25) is 12.7 Å². The summed E-state index contributed by atoms with van der Waals surface area (Å²) >= 11 is 1.33. The summed E-state index contributed by atoms with van der Waals surface area (Å²) in [7, 11) is 0. The van der Waals surface area contributed by atoms with Crippen LogP contribution in [-0.2, 0) is 20.9 Å². The van der Waals surface area contributed by atoms with Gasteiger partial charge in [-0.05, 0) is 48.6 Å². The van der Waals surface area contributed by atoms with Gasteiger partial charge in [-0.2, -0.15) is 0 Å². The van der Waals surface area contributed by atoms with Crippen LogP contribution in [0.3, 0.4) is 0 Å². The summed E-state index contributed by atoms with van der Waals surface area (Å²) in [5.74, 6) is -0.451. The van der Waals surface area contributed by atoms with Crippen LogP contribution in [0.25, 0.3) is 0 Å². The zero-order valence-electron chi connectivity index (χ0n) is 18.9. The normalized spacial score (nSPS) is 15.5. The summed E-state index contributed by atoms with van der Waals surface area (Å²) in [6, 6.07) is 10.9. The van der Waals surface area contributed by atoms with E-state index in [1.165, 1.54) is 22.5 Å². The fourth-order valence-electron chi connectivity index (χ4n) is 4.35. The molecule has 1 aliphatic carbocycles.